The molecular weight excluding hydrogens is 270 g/mol. The van der Waals surface area contributed by atoms with Crippen molar-refractivity contribution < 1.29 is 19.1 Å². The van der Waals surface area contributed by atoms with Crippen LogP contribution < -0.4 is 5.32 Å². The van der Waals surface area contributed by atoms with Crippen molar-refractivity contribution in [2.24, 2.45) is 0 Å². The number of fused-ring (bicyclic) bond motifs is 1. The van der Waals surface area contributed by atoms with Gasteiger partial charge in [-0.25, -0.2) is 4.79 Å². The number of aliphatic carboxylic acids is 1. The Morgan fingerprint density at radius 1 is 1.33 bits per heavy atom. The number of carboxylic acid groups (broad SMARTS) is 1. The number of carbonyl (C=O) groups is 2. The second-order valence-corrected chi connectivity index (χ2v) is 4.99. The second-order valence-electron chi connectivity index (χ2n) is 4.99. The number of amides is 1. The number of hydrogen-bond acceptors (Lipinski definition) is 3. The van der Waals surface area contributed by atoms with Crippen molar-refractivity contribution in [1.29, 1.82) is 0 Å². The maximum atomic E-state index is 12.3. The first-order chi connectivity index (χ1) is 10.1. The summed E-state index contributed by atoms with van der Waals surface area (Å²) in [5.41, 5.74) is 2.10. The second kappa shape index (κ2) is 6.43. The van der Waals surface area contributed by atoms with Gasteiger partial charge in [-0.05, 0) is 30.5 Å². The molecule has 0 spiro atoms. The van der Waals surface area contributed by atoms with Gasteiger partial charge in [-0.3, -0.25) is 4.79 Å². The van der Waals surface area contributed by atoms with Crippen molar-refractivity contribution in [3.05, 3.63) is 35.6 Å². The molecule has 5 heteroatoms. The summed E-state index contributed by atoms with van der Waals surface area (Å²) in [6, 6.07) is 4.81. The van der Waals surface area contributed by atoms with Crippen LogP contribution in [0.3, 0.4) is 0 Å². The Balaban J connectivity index is 2.28. The predicted molar refractivity (Wildman–Crippen MR) is 79.4 cm³/mol. The fraction of sp³-hybridized carbons (Fsp3) is 0.375. The van der Waals surface area contributed by atoms with Crippen LogP contribution in [0, 0.1) is 0 Å². The van der Waals surface area contributed by atoms with Gasteiger partial charge in [0.15, 0.2) is 0 Å². The number of aryl methyl sites for hydroxylation is 1. The molecule has 1 unspecified atom stereocenters. The van der Waals surface area contributed by atoms with Gasteiger partial charge >= 0.3 is 5.97 Å². The molecule has 0 saturated carbocycles. The minimum Gasteiger partial charge on any atom is -0.480 e. The molecule has 2 N–H and O–H groups in total. The molecule has 1 atom stereocenters. The van der Waals surface area contributed by atoms with Gasteiger partial charge in [0.25, 0.3) is 5.91 Å². The van der Waals surface area contributed by atoms with Gasteiger partial charge in [-0.1, -0.05) is 26.3 Å². The third-order valence-electron chi connectivity index (χ3n) is 3.47. The number of benzene rings is 1. The Bertz CT molecular complexity index is 659. The van der Waals surface area contributed by atoms with E-state index in [-0.39, 0.29) is 0 Å². The summed E-state index contributed by atoms with van der Waals surface area (Å²) in [6.45, 7) is 3.91. The third-order valence-corrected chi connectivity index (χ3v) is 3.47. The molecule has 1 heterocycles. The number of carboxylic acids is 1. The van der Waals surface area contributed by atoms with Gasteiger partial charge in [-0.2, -0.15) is 0 Å². The van der Waals surface area contributed by atoms with Gasteiger partial charge in [-0.15, -0.1) is 0 Å². The van der Waals surface area contributed by atoms with Crippen LogP contribution in [-0.2, 0) is 11.2 Å². The van der Waals surface area contributed by atoms with E-state index in [4.69, 9.17) is 9.52 Å². The summed E-state index contributed by atoms with van der Waals surface area (Å²) in [5, 5.41) is 12.4. The minimum atomic E-state index is -1.02. The summed E-state index contributed by atoms with van der Waals surface area (Å²) in [7, 11) is 0. The molecule has 0 fully saturated rings. The number of furan rings is 1. The molecule has 0 bridgehead atoms. The molecule has 112 valence electrons. The number of hydrogen-bond donors (Lipinski definition) is 2. The number of carbonyl (C=O) groups excluding carboxylic acids is 1. The van der Waals surface area contributed by atoms with E-state index >= 15 is 0 Å². The van der Waals surface area contributed by atoms with Crippen LogP contribution in [0.25, 0.3) is 11.0 Å². The van der Waals surface area contributed by atoms with E-state index in [0.29, 0.717) is 29.4 Å². The highest BCUT2D eigenvalue weighted by molar-refractivity contribution is 6.07. The molecule has 0 radical (unpaired) electrons. The van der Waals surface area contributed by atoms with Gasteiger partial charge < -0.3 is 14.8 Å². The van der Waals surface area contributed by atoms with Crippen molar-refractivity contribution >= 4 is 22.8 Å². The lowest BCUT2D eigenvalue weighted by atomic mass is 10.1. The van der Waals surface area contributed by atoms with Crippen LogP contribution >= 0.6 is 0 Å². The topological polar surface area (TPSA) is 79.5 Å². The van der Waals surface area contributed by atoms with Crippen molar-refractivity contribution in [2.75, 3.05) is 0 Å². The lowest BCUT2D eigenvalue weighted by molar-refractivity contribution is -0.139. The van der Waals surface area contributed by atoms with Crippen LogP contribution in [0.1, 0.15) is 42.6 Å². The molecule has 1 amide bonds. The van der Waals surface area contributed by atoms with Crippen LogP contribution in [0.5, 0.6) is 0 Å². The van der Waals surface area contributed by atoms with Crippen LogP contribution in [0.15, 0.2) is 28.9 Å². The summed E-state index contributed by atoms with van der Waals surface area (Å²) in [5.74, 6) is -1.44. The highest BCUT2D eigenvalue weighted by atomic mass is 16.4. The Morgan fingerprint density at radius 3 is 2.71 bits per heavy atom. The molecule has 0 aliphatic rings. The van der Waals surface area contributed by atoms with E-state index in [1.54, 1.807) is 0 Å². The fourth-order valence-electron chi connectivity index (χ4n) is 2.25. The average molecular weight is 289 g/mol. The van der Waals surface area contributed by atoms with E-state index in [2.05, 4.69) is 5.32 Å². The largest absolute Gasteiger partial charge is 0.480 e. The maximum Gasteiger partial charge on any atom is 0.326 e. The molecule has 1 aromatic heterocycles. The maximum absolute atomic E-state index is 12.3. The molecule has 2 rings (SSSR count). The highest BCUT2D eigenvalue weighted by Gasteiger charge is 2.22. The summed E-state index contributed by atoms with van der Waals surface area (Å²) in [6.07, 6.45) is 3.32. The Labute approximate surface area is 122 Å². The normalized spacial score (nSPS) is 12.3. The zero-order chi connectivity index (χ0) is 15.4. The summed E-state index contributed by atoms with van der Waals surface area (Å²) in [4.78, 5) is 23.4. The Kier molecular flexibility index (Phi) is 4.62. The molecule has 2 aromatic rings. The fourth-order valence-corrected chi connectivity index (χ4v) is 2.25. The lowest BCUT2D eigenvalue weighted by Crippen LogP contribution is -2.40. The van der Waals surface area contributed by atoms with Gasteiger partial charge in [0.05, 0.1) is 5.56 Å². The standard InChI is InChI=1S/C16H19NO4/c1-3-5-13(16(19)20)17-15(18)12-9-21-14-7-6-10(4-2)8-11(12)14/h6-9,13H,3-5H2,1-2H3,(H,17,18)(H,19,20). The number of nitrogens with one attached hydrogen (secondary N) is 1. The van der Waals surface area contributed by atoms with Gasteiger partial charge in [0, 0.05) is 5.39 Å². The molecule has 21 heavy (non-hydrogen) atoms. The lowest BCUT2D eigenvalue weighted by Gasteiger charge is -2.12. The monoisotopic (exact) mass is 289 g/mol. The van der Waals surface area contributed by atoms with Crippen LogP contribution in [-0.4, -0.2) is 23.0 Å². The van der Waals surface area contributed by atoms with E-state index in [1.165, 1.54) is 6.26 Å². The van der Waals surface area contributed by atoms with E-state index in [0.717, 1.165) is 12.0 Å². The Hall–Kier alpha value is -2.30. The molecule has 0 saturated heterocycles. The molecular formula is C16H19NO4. The smallest absolute Gasteiger partial charge is 0.326 e. The first-order valence-electron chi connectivity index (χ1n) is 7.10. The van der Waals surface area contributed by atoms with Crippen molar-refractivity contribution in [3.63, 3.8) is 0 Å². The minimum absolute atomic E-state index is 0.377. The first-order valence-corrected chi connectivity index (χ1v) is 7.10. The van der Waals surface area contributed by atoms with E-state index in [9.17, 15) is 9.59 Å². The average Bonchev–Trinajstić information content (AvgIpc) is 2.89. The zero-order valence-electron chi connectivity index (χ0n) is 12.2. The van der Waals surface area contributed by atoms with Crippen LogP contribution in [0.2, 0.25) is 0 Å². The zero-order valence-corrected chi connectivity index (χ0v) is 12.2. The third kappa shape index (κ3) is 3.24. The quantitative estimate of drug-likeness (QED) is 0.856. The van der Waals surface area contributed by atoms with Gasteiger partial charge in [0.2, 0.25) is 0 Å². The molecule has 0 aliphatic carbocycles. The molecule has 1 aromatic carbocycles. The molecule has 0 aliphatic heterocycles. The number of rotatable bonds is 6. The molecule has 5 nitrogen and oxygen atoms in total. The van der Waals surface area contributed by atoms with Crippen molar-refractivity contribution in [1.82, 2.24) is 5.32 Å². The van der Waals surface area contributed by atoms with Crippen molar-refractivity contribution in [3.8, 4) is 0 Å². The van der Waals surface area contributed by atoms with E-state index < -0.39 is 17.9 Å². The summed E-state index contributed by atoms with van der Waals surface area (Å²) < 4.78 is 5.36. The summed E-state index contributed by atoms with van der Waals surface area (Å²) >= 11 is 0. The van der Waals surface area contributed by atoms with Crippen molar-refractivity contribution in [2.45, 2.75) is 39.2 Å². The SMILES string of the molecule is CCCC(NC(=O)c1coc2ccc(CC)cc12)C(=O)O. The highest BCUT2D eigenvalue weighted by Crippen LogP contribution is 2.23. The Morgan fingerprint density at radius 2 is 2.10 bits per heavy atom. The van der Waals surface area contributed by atoms with Gasteiger partial charge in [0.1, 0.15) is 17.9 Å². The predicted octanol–water partition coefficient (Wildman–Crippen LogP) is 2.98. The van der Waals surface area contributed by atoms with Crippen LogP contribution in [0.4, 0.5) is 0 Å². The first kappa shape index (κ1) is 15.1. The van der Waals surface area contributed by atoms with E-state index in [1.807, 2.05) is 32.0 Å².